The molecular weight excluding hydrogens is 328 g/mol. The van der Waals surface area contributed by atoms with Gasteiger partial charge in [0.15, 0.2) is 5.96 Å². The first-order chi connectivity index (χ1) is 11.4. The number of nitrogens with zero attached hydrogens (tertiary/aromatic N) is 2. The Morgan fingerprint density at radius 1 is 1.42 bits per heavy atom. The van der Waals surface area contributed by atoms with E-state index in [4.69, 9.17) is 4.74 Å². The molecule has 1 saturated heterocycles. The zero-order valence-electron chi connectivity index (χ0n) is 14.4. The van der Waals surface area contributed by atoms with Crippen molar-refractivity contribution in [2.75, 3.05) is 50.7 Å². The number of ether oxygens (including phenoxy) is 1. The molecule has 1 heterocycles. The highest BCUT2D eigenvalue weighted by Gasteiger charge is 2.25. The number of guanidine groups is 1. The van der Waals surface area contributed by atoms with E-state index in [0.717, 1.165) is 30.9 Å². The lowest BCUT2D eigenvalue weighted by Gasteiger charge is -2.22. The van der Waals surface area contributed by atoms with Crippen LogP contribution >= 0.6 is 0 Å². The van der Waals surface area contributed by atoms with Crippen LogP contribution in [-0.4, -0.2) is 66.2 Å². The second kappa shape index (κ2) is 8.23. The molecule has 1 atom stereocenters. The number of hydrogen-bond acceptors (Lipinski definition) is 5. The fraction of sp³-hybridized carbons (Fsp3) is 0.562. The van der Waals surface area contributed by atoms with Gasteiger partial charge in [-0.05, 0) is 18.6 Å². The minimum atomic E-state index is -2.98. The van der Waals surface area contributed by atoms with Crippen molar-refractivity contribution in [1.82, 2.24) is 10.6 Å². The Hall–Kier alpha value is -1.96. The van der Waals surface area contributed by atoms with Crippen molar-refractivity contribution in [2.45, 2.75) is 12.5 Å². The maximum atomic E-state index is 11.2. The Bertz CT molecular complexity index is 676. The molecule has 0 aliphatic carbocycles. The van der Waals surface area contributed by atoms with Gasteiger partial charge < -0.3 is 20.3 Å². The molecule has 2 rings (SSSR count). The van der Waals surface area contributed by atoms with Gasteiger partial charge in [-0.3, -0.25) is 4.99 Å². The summed E-state index contributed by atoms with van der Waals surface area (Å²) in [6.07, 6.45) is 2.21. The molecule has 0 bridgehead atoms. The Balaban J connectivity index is 1.88. The molecule has 0 radical (unpaired) electrons. The van der Waals surface area contributed by atoms with Gasteiger partial charge in [0.1, 0.15) is 15.6 Å². The Morgan fingerprint density at radius 2 is 2.17 bits per heavy atom. The number of rotatable bonds is 6. The average molecular weight is 354 g/mol. The number of methoxy groups -OCH3 is 1. The Morgan fingerprint density at radius 3 is 2.83 bits per heavy atom. The lowest BCUT2D eigenvalue weighted by Crippen LogP contribution is -2.45. The third-order valence-corrected chi connectivity index (χ3v) is 4.89. The molecule has 0 spiro atoms. The van der Waals surface area contributed by atoms with Gasteiger partial charge in [0.25, 0.3) is 0 Å². The molecule has 134 valence electrons. The number of sulfone groups is 1. The van der Waals surface area contributed by atoms with Crippen LogP contribution in [0.1, 0.15) is 6.42 Å². The lowest BCUT2D eigenvalue weighted by molar-refractivity contribution is 0.415. The highest BCUT2D eigenvalue weighted by molar-refractivity contribution is 7.90. The molecule has 8 heteroatoms. The highest BCUT2D eigenvalue weighted by atomic mass is 32.2. The SMILES string of the molecule is CN=C(NCCS(C)(=O)=O)NC1CCN(c2ccccc2OC)C1. The van der Waals surface area contributed by atoms with Gasteiger partial charge in [0, 0.05) is 39.0 Å². The molecule has 24 heavy (non-hydrogen) atoms. The molecule has 1 aliphatic rings. The molecule has 1 aromatic carbocycles. The molecule has 7 nitrogen and oxygen atoms in total. The van der Waals surface area contributed by atoms with E-state index in [9.17, 15) is 8.42 Å². The topological polar surface area (TPSA) is 83.0 Å². The fourth-order valence-electron chi connectivity index (χ4n) is 2.73. The van der Waals surface area contributed by atoms with Crippen molar-refractivity contribution in [1.29, 1.82) is 0 Å². The summed E-state index contributed by atoms with van der Waals surface area (Å²) < 4.78 is 27.8. The molecule has 1 aromatic rings. The quantitative estimate of drug-likeness (QED) is 0.571. The zero-order chi connectivity index (χ0) is 17.6. The van der Waals surface area contributed by atoms with Gasteiger partial charge in [0.2, 0.25) is 0 Å². The third-order valence-electron chi connectivity index (χ3n) is 3.94. The average Bonchev–Trinajstić information content (AvgIpc) is 3.01. The second-order valence-corrected chi connectivity index (χ2v) is 8.14. The van der Waals surface area contributed by atoms with E-state index in [2.05, 4.69) is 26.6 Å². The van der Waals surface area contributed by atoms with Gasteiger partial charge in [0.05, 0.1) is 18.6 Å². The molecule has 1 unspecified atom stereocenters. The van der Waals surface area contributed by atoms with E-state index >= 15 is 0 Å². The van der Waals surface area contributed by atoms with Crippen molar-refractivity contribution in [3.05, 3.63) is 24.3 Å². The Labute approximate surface area is 144 Å². The van der Waals surface area contributed by atoms with Crippen LogP contribution in [0.4, 0.5) is 5.69 Å². The first kappa shape index (κ1) is 18.4. The molecule has 0 aromatic heterocycles. The van der Waals surface area contributed by atoms with Crippen molar-refractivity contribution in [3.8, 4) is 5.75 Å². The first-order valence-corrected chi connectivity index (χ1v) is 10.0. The summed E-state index contributed by atoms with van der Waals surface area (Å²) >= 11 is 0. The van der Waals surface area contributed by atoms with Crippen LogP contribution in [0.3, 0.4) is 0 Å². The maximum Gasteiger partial charge on any atom is 0.191 e. The van der Waals surface area contributed by atoms with Gasteiger partial charge in [-0.25, -0.2) is 8.42 Å². The van der Waals surface area contributed by atoms with Gasteiger partial charge in [-0.15, -0.1) is 0 Å². The van der Waals surface area contributed by atoms with Crippen LogP contribution in [0, 0.1) is 0 Å². The summed E-state index contributed by atoms with van der Waals surface area (Å²) in [6.45, 7) is 2.12. The number of hydrogen-bond donors (Lipinski definition) is 2. The summed E-state index contributed by atoms with van der Waals surface area (Å²) in [5.74, 6) is 1.59. The van der Waals surface area contributed by atoms with Crippen molar-refractivity contribution >= 4 is 21.5 Å². The van der Waals surface area contributed by atoms with Crippen LogP contribution in [0.5, 0.6) is 5.75 Å². The van der Waals surface area contributed by atoms with E-state index in [0.29, 0.717) is 12.5 Å². The molecule has 1 fully saturated rings. The highest BCUT2D eigenvalue weighted by Crippen LogP contribution is 2.30. The second-order valence-electron chi connectivity index (χ2n) is 5.88. The lowest BCUT2D eigenvalue weighted by atomic mass is 10.2. The summed E-state index contributed by atoms with van der Waals surface area (Å²) in [5, 5.41) is 6.40. The summed E-state index contributed by atoms with van der Waals surface area (Å²) in [7, 11) is 0.387. The van der Waals surface area contributed by atoms with E-state index in [1.54, 1.807) is 14.2 Å². The van der Waals surface area contributed by atoms with E-state index < -0.39 is 9.84 Å². The summed E-state index contributed by atoms with van der Waals surface area (Å²) in [4.78, 5) is 6.44. The van der Waals surface area contributed by atoms with Crippen LogP contribution in [-0.2, 0) is 9.84 Å². The summed E-state index contributed by atoms with van der Waals surface area (Å²) in [5.41, 5.74) is 1.09. The van der Waals surface area contributed by atoms with Crippen molar-refractivity contribution < 1.29 is 13.2 Å². The predicted molar refractivity (Wildman–Crippen MR) is 97.8 cm³/mol. The smallest absolute Gasteiger partial charge is 0.191 e. The zero-order valence-corrected chi connectivity index (χ0v) is 15.3. The van der Waals surface area contributed by atoms with E-state index in [1.165, 1.54) is 6.26 Å². The first-order valence-electron chi connectivity index (χ1n) is 7.96. The molecule has 1 aliphatic heterocycles. The van der Waals surface area contributed by atoms with Crippen molar-refractivity contribution in [2.24, 2.45) is 4.99 Å². The van der Waals surface area contributed by atoms with Crippen LogP contribution in [0.2, 0.25) is 0 Å². The number of benzene rings is 1. The van der Waals surface area contributed by atoms with Crippen LogP contribution in [0.15, 0.2) is 29.3 Å². The minimum absolute atomic E-state index is 0.0890. The maximum absolute atomic E-state index is 11.2. The fourth-order valence-corrected chi connectivity index (χ4v) is 3.20. The predicted octanol–water partition coefficient (Wildman–Crippen LogP) is 0.484. The monoisotopic (exact) mass is 354 g/mol. The third kappa shape index (κ3) is 5.30. The summed E-state index contributed by atoms with van der Waals surface area (Å²) in [6, 6.07) is 8.23. The number of anilines is 1. The standard InChI is InChI=1S/C16H26N4O3S/c1-17-16(18-9-11-24(3,21)22)19-13-8-10-20(12-13)14-6-4-5-7-15(14)23-2/h4-7,13H,8-12H2,1-3H3,(H2,17,18,19). The number of nitrogens with one attached hydrogen (secondary N) is 2. The van der Waals surface area contributed by atoms with E-state index in [-0.39, 0.29) is 11.8 Å². The van der Waals surface area contributed by atoms with Gasteiger partial charge in [-0.1, -0.05) is 12.1 Å². The van der Waals surface area contributed by atoms with E-state index in [1.807, 2.05) is 18.2 Å². The Kier molecular flexibility index (Phi) is 6.30. The molecule has 0 saturated carbocycles. The number of aliphatic imine (C=N–C) groups is 1. The minimum Gasteiger partial charge on any atom is -0.495 e. The molecule has 0 amide bonds. The number of para-hydroxylation sites is 2. The van der Waals surface area contributed by atoms with Crippen molar-refractivity contribution in [3.63, 3.8) is 0 Å². The van der Waals surface area contributed by atoms with Crippen LogP contribution in [0.25, 0.3) is 0 Å². The normalized spacial score (nSPS) is 18.5. The molecular formula is C16H26N4O3S. The largest absolute Gasteiger partial charge is 0.495 e. The van der Waals surface area contributed by atoms with Gasteiger partial charge in [-0.2, -0.15) is 0 Å². The van der Waals surface area contributed by atoms with Gasteiger partial charge >= 0.3 is 0 Å². The molecule has 2 N–H and O–H groups in total. The van der Waals surface area contributed by atoms with Crippen LogP contribution < -0.4 is 20.3 Å².